The molecule has 0 saturated heterocycles. The molecule has 2 N–H and O–H groups in total. The van der Waals surface area contributed by atoms with Gasteiger partial charge in [-0.15, -0.1) is 24.0 Å². The molecule has 0 radical (unpaired) electrons. The normalized spacial score (nSPS) is 11.2. The summed E-state index contributed by atoms with van der Waals surface area (Å²) in [5, 5.41) is 6.69. The van der Waals surface area contributed by atoms with Crippen molar-refractivity contribution in [1.82, 2.24) is 15.5 Å². The lowest BCUT2D eigenvalue weighted by atomic mass is 10.2. The van der Waals surface area contributed by atoms with Gasteiger partial charge in [0.2, 0.25) is 0 Å². The van der Waals surface area contributed by atoms with Crippen LogP contribution in [0.5, 0.6) is 5.75 Å². The predicted molar refractivity (Wildman–Crippen MR) is 118 cm³/mol. The first-order valence-corrected chi connectivity index (χ1v) is 9.05. The average Bonchev–Trinajstić information content (AvgIpc) is 2.57. The first kappa shape index (κ1) is 24.0. The quantitative estimate of drug-likeness (QED) is 0.229. The number of benzene rings is 1. The maximum absolute atomic E-state index is 5.90. The zero-order valence-electron chi connectivity index (χ0n) is 16.2. The smallest absolute Gasteiger partial charge is 0.191 e. The molecule has 1 rings (SSSR count). The molecule has 0 spiro atoms. The Hall–Kier alpha value is -1.02. The lowest BCUT2D eigenvalue weighted by Gasteiger charge is -2.14. The lowest BCUT2D eigenvalue weighted by molar-refractivity contribution is 0.259. The van der Waals surface area contributed by atoms with Gasteiger partial charge in [-0.05, 0) is 33.5 Å². The van der Waals surface area contributed by atoms with E-state index in [0.717, 1.165) is 36.9 Å². The van der Waals surface area contributed by atoms with E-state index in [9.17, 15) is 0 Å². The van der Waals surface area contributed by atoms with E-state index >= 15 is 0 Å². The van der Waals surface area contributed by atoms with Crippen LogP contribution in [0.4, 0.5) is 0 Å². The number of unbranched alkanes of at least 4 members (excludes halogenated alkanes) is 2. The van der Waals surface area contributed by atoms with Crippen LogP contribution in [0.15, 0.2) is 29.3 Å². The van der Waals surface area contributed by atoms with Crippen molar-refractivity contribution >= 4 is 29.9 Å². The Labute approximate surface area is 170 Å². The number of rotatable bonds is 11. The van der Waals surface area contributed by atoms with Gasteiger partial charge in [0, 0.05) is 25.2 Å². The summed E-state index contributed by atoms with van der Waals surface area (Å²) in [5.74, 6) is 1.79. The van der Waals surface area contributed by atoms with Gasteiger partial charge in [-0.2, -0.15) is 0 Å². The van der Waals surface area contributed by atoms with Crippen LogP contribution >= 0.6 is 24.0 Å². The van der Waals surface area contributed by atoms with Gasteiger partial charge in [-0.1, -0.05) is 38.0 Å². The highest BCUT2D eigenvalue weighted by Crippen LogP contribution is 2.18. The van der Waals surface area contributed by atoms with Gasteiger partial charge in [0.05, 0.1) is 6.54 Å². The minimum atomic E-state index is 0. The zero-order valence-corrected chi connectivity index (χ0v) is 18.5. The fourth-order valence-corrected chi connectivity index (χ4v) is 2.20. The molecule has 144 valence electrons. The number of guanidine groups is 1. The molecule has 25 heavy (non-hydrogen) atoms. The minimum Gasteiger partial charge on any atom is -0.492 e. The third-order valence-electron chi connectivity index (χ3n) is 3.59. The fourth-order valence-electron chi connectivity index (χ4n) is 2.20. The number of halogens is 1. The monoisotopic (exact) mass is 462 g/mol. The number of hydrogen-bond donors (Lipinski definition) is 2. The second kappa shape index (κ2) is 15.3. The van der Waals surface area contributed by atoms with Crippen molar-refractivity contribution in [1.29, 1.82) is 0 Å². The molecule has 0 bridgehead atoms. The lowest BCUT2D eigenvalue weighted by Crippen LogP contribution is -2.37. The van der Waals surface area contributed by atoms with Crippen LogP contribution in [-0.4, -0.2) is 51.2 Å². The SMILES string of the molecule is CCCCCNC(=NCc1ccccc1OCCN(C)C)NCC.I. The maximum Gasteiger partial charge on any atom is 0.191 e. The van der Waals surface area contributed by atoms with Crippen molar-refractivity contribution in [2.45, 2.75) is 39.7 Å². The Kier molecular flexibility index (Phi) is 14.6. The maximum atomic E-state index is 5.90. The van der Waals surface area contributed by atoms with E-state index < -0.39 is 0 Å². The molecular formula is C19H35IN4O. The Morgan fingerprint density at radius 1 is 1.12 bits per heavy atom. The number of likely N-dealkylation sites (N-methyl/N-ethyl adjacent to an activating group) is 1. The van der Waals surface area contributed by atoms with Crippen molar-refractivity contribution < 1.29 is 4.74 Å². The summed E-state index contributed by atoms with van der Waals surface area (Å²) in [6.45, 7) is 8.32. The van der Waals surface area contributed by atoms with E-state index in [2.05, 4.69) is 40.4 Å². The van der Waals surface area contributed by atoms with Gasteiger partial charge in [0.15, 0.2) is 5.96 Å². The summed E-state index contributed by atoms with van der Waals surface area (Å²) in [6.07, 6.45) is 3.65. The van der Waals surface area contributed by atoms with Crippen LogP contribution in [0.25, 0.3) is 0 Å². The van der Waals surface area contributed by atoms with Gasteiger partial charge in [0.25, 0.3) is 0 Å². The molecule has 0 aromatic heterocycles. The van der Waals surface area contributed by atoms with Gasteiger partial charge < -0.3 is 20.3 Å². The van der Waals surface area contributed by atoms with Crippen molar-refractivity contribution in [2.75, 3.05) is 40.3 Å². The van der Waals surface area contributed by atoms with Crippen LogP contribution in [0, 0.1) is 0 Å². The third-order valence-corrected chi connectivity index (χ3v) is 3.59. The molecule has 0 unspecified atom stereocenters. The molecule has 5 nitrogen and oxygen atoms in total. The van der Waals surface area contributed by atoms with Gasteiger partial charge in [-0.3, -0.25) is 0 Å². The topological polar surface area (TPSA) is 48.9 Å². The molecule has 6 heteroatoms. The van der Waals surface area contributed by atoms with Crippen LogP contribution in [0.1, 0.15) is 38.7 Å². The zero-order chi connectivity index (χ0) is 17.6. The van der Waals surface area contributed by atoms with E-state index in [1.807, 2.05) is 32.3 Å². The van der Waals surface area contributed by atoms with Crippen LogP contribution in [0.2, 0.25) is 0 Å². The molecule has 0 heterocycles. The number of hydrogen-bond acceptors (Lipinski definition) is 3. The summed E-state index contributed by atoms with van der Waals surface area (Å²) >= 11 is 0. The molecule has 0 fully saturated rings. The highest BCUT2D eigenvalue weighted by atomic mass is 127. The molecule has 0 aliphatic carbocycles. The number of nitrogens with zero attached hydrogens (tertiary/aromatic N) is 2. The summed E-state index contributed by atoms with van der Waals surface area (Å²) < 4.78 is 5.90. The number of aliphatic imine (C=N–C) groups is 1. The van der Waals surface area contributed by atoms with Crippen LogP contribution in [0.3, 0.4) is 0 Å². The Balaban J connectivity index is 0.00000576. The molecule has 1 aromatic carbocycles. The van der Waals surface area contributed by atoms with E-state index in [-0.39, 0.29) is 24.0 Å². The standard InChI is InChI=1S/C19H34N4O.HI/c1-5-7-10-13-21-19(20-6-2)22-16-17-11-8-9-12-18(17)24-15-14-23(3)4;/h8-9,11-12H,5-7,10,13-16H2,1-4H3,(H2,20,21,22);1H. The molecule has 1 aromatic rings. The van der Waals surface area contributed by atoms with Crippen LogP contribution in [-0.2, 0) is 6.54 Å². The highest BCUT2D eigenvalue weighted by molar-refractivity contribution is 14.0. The van der Waals surface area contributed by atoms with Crippen molar-refractivity contribution in [3.8, 4) is 5.75 Å². The largest absolute Gasteiger partial charge is 0.492 e. The first-order valence-electron chi connectivity index (χ1n) is 9.05. The second-order valence-corrected chi connectivity index (χ2v) is 6.09. The fraction of sp³-hybridized carbons (Fsp3) is 0.632. The Bertz CT molecular complexity index is 480. The molecule has 0 aliphatic rings. The molecule has 0 atom stereocenters. The molecular weight excluding hydrogens is 427 g/mol. The third kappa shape index (κ3) is 11.3. The average molecular weight is 462 g/mol. The minimum absolute atomic E-state index is 0. The van der Waals surface area contributed by atoms with Crippen LogP contribution < -0.4 is 15.4 Å². The Morgan fingerprint density at radius 2 is 1.88 bits per heavy atom. The van der Waals surface area contributed by atoms with Crippen molar-refractivity contribution in [2.24, 2.45) is 4.99 Å². The molecule has 0 amide bonds. The number of ether oxygens (including phenoxy) is 1. The first-order chi connectivity index (χ1) is 11.7. The van der Waals surface area contributed by atoms with E-state index in [1.165, 1.54) is 19.3 Å². The molecule has 0 saturated carbocycles. The Morgan fingerprint density at radius 3 is 2.56 bits per heavy atom. The van der Waals surface area contributed by atoms with Crippen molar-refractivity contribution in [3.63, 3.8) is 0 Å². The van der Waals surface area contributed by atoms with Gasteiger partial charge >= 0.3 is 0 Å². The van der Waals surface area contributed by atoms with Crippen molar-refractivity contribution in [3.05, 3.63) is 29.8 Å². The van der Waals surface area contributed by atoms with Gasteiger partial charge in [0.1, 0.15) is 12.4 Å². The summed E-state index contributed by atoms with van der Waals surface area (Å²) in [6, 6.07) is 8.13. The second-order valence-electron chi connectivity index (χ2n) is 6.09. The highest BCUT2D eigenvalue weighted by Gasteiger charge is 2.04. The summed E-state index contributed by atoms with van der Waals surface area (Å²) in [4.78, 5) is 6.80. The van der Waals surface area contributed by atoms with E-state index in [1.54, 1.807) is 0 Å². The predicted octanol–water partition coefficient (Wildman–Crippen LogP) is 3.49. The summed E-state index contributed by atoms with van der Waals surface area (Å²) in [5.41, 5.74) is 1.11. The molecule has 0 aliphatic heterocycles. The van der Waals surface area contributed by atoms with E-state index in [0.29, 0.717) is 13.2 Å². The van der Waals surface area contributed by atoms with Gasteiger partial charge in [-0.25, -0.2) is 4.99 Å². The number of nitrogens with one attached hydrogen (secondary N) is 2. The van der Waals surface area contributed by atoms with E-state index in [4.69, 9.17) is 4.74 Å². The number of para-hydroxylation sites is 1. The summed E-state index contributed by atoms with van der Waals surface area (Å²) in [7, 11) is 4.10.